The van der Waals surface area contributed by atoms with Crippen LogP contribution in [-0.2, 0) is 15.0 Å². The third kappa shape index (κ3) is 3.57. The van der Waals surface area contributed by atoms with Crippen LogP contribution in [-0.4, -0.2) is 21.8 Å². The van der Waals surface area contributed by atoms with Gasteiger partial charge in [-0.25, -0.2) is 0 Å². The van der Waals surface area contributed by atoms with Crippen LogP contribution in [0.2, 0.25) is 6.55 Å². The summed E-state index contributed by atoms with van der Waals surface area (Å²) in [5, 5.41) is 0.708. The second-order valence-electron chi connectivity index (χ2n) is 3.89. The molecule has 0 bridgehead atoms. The molecule has 0 aromatic heterocycles. The molecule has 0 saturated heterocycles. The SMILES string of the molecule is CCO[Si](C)(OCC)c1ccc(C(F)(F)F)cc1. The van der Waals surface area contributed by atoms with Gasteiger partial charge in [-0.15, -0.1) is 0 Å². The van der Waals surface area contributed by atoms with E-state index in [1.165, 1.54) is 12.1 Å². The van der Waals surface area contributed by atoms with Crippen molar-refractivity contribution in [2.75, 3.05) is 13.2 Å². The Bertz CT molecular complexity index is 370. The highest BCUT2D eigenvalue weighted by atomic mass is 28.4. The molecule has 0 N–H and O–H groups in total. The second-order valence-corrected chi connectivity index (χ2v) is 6.93. The zero-order chi connectivity index (χ0) is 13.8. The van der Waals surface area contributed by atoms with Gasteiger partial charge < -0.3 is 8.85 Å². The maximum Gasteiger partial charge on any atom is 0.416 e. The molecule has 0 amide bonds. The first-order valence-electron chi connectivity index (χ1n) is 5.79. The number of alkyl halides is 3. The molecule has 2 nitrogen and oxygen atoms in total. The summed E-state index contributed by atoms with van der Waals surface area (Å²) in [6, 6.07) is 5.03. The van der Waals surface area contributed by atoms with E-state index >= 15 is 0 Å². The van der Waals surface area contributed by atoms with Crippen LogP contribution in [0.25, 0.3) is 0 Å². The smallest absolute Gasteiger partial charge is 0.391 e. The Labute approximate surface area is 106 Å². The zero-order valence-electron chi connectivity index (χ0n) is 10.7. The van der Waals surface area contributed by atoms with Crippen LogP contribution < -0.4 is 5.19 Å². The molecule has 102 valence electrons. The highest BCUT2D eigenvalue weighted by Crippen LogP contribution is 2.28. The number of hydrogen-bond acceptors (Lipinski definition) is 2. The van der Waals surface area contributed by atoms with E-state index < -0.39 is 20.3 Å². The lowest BCUT2D eigenvalue weighted by Crippen LogP contribution is -2.51. The van der Waals surface area contributed by atoms with E-state index in [-0.39, 0.29) is 0 Å². The molecule has 0 radical (unpaired) electrons. The Morgan fingerprint density at radius 1 is 1.00 bits per heavy atom. The third-order valence-electron chi connectivity index (χ3n) is 2.58. The molecule has 0 aliphatic heterocycles. The highest BCUT2D eigenvalue weighted by molar-refractivity contribution is 6.79. The van der Waals surface area contributed by atoms with Gasteiger partial charge in [-0.05, 0) is 37.7 Å². The first-order chi connectivity index (χ1) is 8.33. The van der Waals surface area contributed by atoms with Gasteiger partial charge in [0.15, 0.2) is 0 Å². The lowest BCUT2D eigenvalue weighted by Gasteiger charge is -2.26. The van der Waals surface area contributed by atoms with E-state index in [0.29, 0.717) is 18.4 Å². The van der Waals surface area contributed by atoms with Gasteiger partial charge in [0.1, 0.15) is 0 Å². The van der Waals surface area contributed by atoms with Crippen LogP contribution in [0.4, 0.5) is 13.2 Å². The molecule has 6 heteroatoms. The molecule has 18 heavy (non-hydrogen) atoms. The Kier molecular flexibility index (Phi) is 4.95. The summed E-state index contributed by atoms with van der Waals surface area (Å²) in [6.45, 7) is 6.47. The fraction of sp³-hybridized carbons (Fsp3) is 0.500. The van der Waals surface area contributed by atoms with Crippen molar-refractivity contribution in [3.05, 3.63) is 29.8 Å². The number of halogens is 3. The molecule has 0 aliphatic carbocycles. The van der Waals surface area contributed by atoms with Crippen LogP contribution >= 0.6 is 0 Å². The summed E-state index contributed by atoms with van der Waals surface area (Å²) < 4.78 is 48.6. The van der Waals surface area contributed by atoms with Gasteiger partial charge in [-0.1, -0.05) is 12.1 Å². The van der Waals surface area contributed by atoms with Crippen molar-refractivity contribution in [2.24, 2.45) is 0 Å². The lowest BCUT2D eigenvalue weighted by molar-refractivity contribution is -0.137. The molecule has 1 aromatic rings. The summed E-state index contributed by atoms with van der Waals surface area (Å²) >= 11 is 0. The average Bonchev–Trinajstić information content (AvgIpc) is 2.29. The summed E-state index contributed by atoms with van der Waals surface area (Å²) in [5.74, 6) is 0. The van der Waals surface area contributed by atoms with Gasteiger partial charge in [0.25, 0.3) is 0 Å². The molecule has 0 spiro atoms. The van der Waals surface area contributed by atoms with Crippen LogP contribution in [0.15, 0.2) is 24.3 Å². The van der Waals surface area contributed by atoms with Gasteiger partial charge in [0.05, 0.1) is 5.56 Å². The fourth-order valence-corrected chi connectivity index (χ4v) is 4.01. The fourth-order valence-electron chi connectivity index (χ4n) is 1.72. The van der Waals surface area contributed by atoms with Crippen molar-refractivity contribution >= 4 is 13.7 Å². The highest BCUT2D eigenvalue weighted by Gasteiger charge is 2.35. The molecule has 1 aromatic carbocycles. The molecule has 0 saturated carbocycles. The Morgan fingerprint density at radius 3 is 1.78 bits per heavy atom. The van der Waals surface area contributed by atoms with E-state index in [9.17, 15) is 13.2 Å². The van der Waals surface area contributed by atoms with E-state index in [1.54, 1.807) is 0 Å². The Morgan fingerprint density at radius 2 is 1.44 bits per heavy atom. The summed E-state index contributed by atoms with van der Waals surface area (Å²) in [7, 11) is -2.57. The molecular weight excluding hydrogens is 261 g/mol. The molecule has 0 atom stereocenters. The molecule has 0 aliphatic rings. The largest absolute Gasteiger partial charge is 0.416 e. The minimum Gasteiger partial charge on any atom is -0.391 e. The number of benzene rings is 1. The standard InChI is InChI=1S/C12H17F3O2Si/c1-4-16-18(3,17-5-2)11-8-6-10(7-9-11)12(13,14)15/h6-9H,4-5H2,1-3H3. The van der Waals surface area contributed by atoms with Gasteiger partial charge in [0.2, 0.25) is 0 Å². The summed E-state index contributed by atoms with van der Waals surface area (Å²) in [4.78, 5) is 0. The minimum atomic E-state index is -4.31. The predicted octanol–water partition coefficient (Wildman–Crippen LogP) is 3.06. The molecule has 1 rings (SSSR count). The monoisotopic (exact) mass is 278 g/mol. The molecule has 0 unspecified atom stereocenters. The van der Waals surface area contributed by atoms with Crippen molar-refractivity contribution in [3.8, 4) is 0 Å². The Hall–Kier alpha value is -0.853. The van der Waals surface area contributed by atoms with Gasteiger partial charge in [-0.2, -0.15) is 13.2 Å². The maximum atomic E-state index is 12.5. The topological polar surface area (TPSA) is 18.5 Å². The average molecular weight is 278 g/mol. The van der Waals surface area contributed by atoms with E-state index in [2.05, 4.69) is 0 Å². The Balaban J connectivity index is 3.01. The molecule has 0 heterocycles. The van der Waals surface area contributed by atoms with Gasteiger partial charge in [-0.3, -0.25) is 0 Å². The first kappa shape index (κ1) is 15.2. The summed E-state index contributed by atoms with van der Waals surface area (Å²) in [5.41, 5.74) is -0.657. The zero-order valence-corrected chi connectivity index (χ0v) is 11.7. The van der Waals surface area contributed by atoms with Crippen molar-refractivity contribution in [2.45, 2.75) is 26.6 Å². The van der Waals surface area contributed by atoms with Crippen molar-refractivity contribution in [3.63, 3.8) is 0 Å². The quantitative estimate of drug-likeness (QED) is 0.771. The normalized spacial score (nSPS) is 12.8. The first-order valence-corrected chi connectivity index (χ1v) is 8.10. The van der Waals surface area contributed by atoms with E-state index in [0.717, 1.165) is 12.1 Å². The predicted molar refractivity (Wildman–Crippen MR) is 65.9 cm³/mol. The van der Waals surface area contributed by atoms with Crippen molar-refractivity contribution in [1.82, 2.24) is 0 Å². The minimum absolute atomic E-state index is 0.476. The van der Waals surface area contributed by atoms with Crippen LogP contribution in [0.1, 0.15) is 19.4 Å². The van der Waals surface area contributed by atoms with Crippen molar-refractivity contribution in [1.29, 1.82) is 0 Å². The van der Waals surface area contributed by atoms with Crippen molar-refractivity contribution < 1.29 is 22.0 Å². The molecular formula is C12H17F3O2Si. The van der Waals surface area contributed by atoms with Crippen LogP contribution in [0, 0.1) is 0 Å². The second kappa shape index (κ2) is 5.86. The lowest BCUT2D eigenvalue weighted by atomic mass is 10.2. The van der Waals surface area contributed by atoms with Crippen LogP contribution in [0.3, 0.4) is 0 Å². The van der Waals surface area contributed by atoms with E-state index in [1.807, 2.05) is 20.4 Å². The third-order valence-corrected chi connectivity index (χ3v) is 5.64. The number of rotatable bonds is 5. The van der Waals surface area contributed by atoms with E-state index in [4.69, 9.17) is 8.85 Å². The maximum absolute atomic E-state index is 12.5. The number of hydrogen-bond donors (Lipinski definition) is 0. The molecule has 0 fully saturated rings. The van der Waals surface area contributed by atoms with Gasteiger partial charge >= 0.3 is 14.7 Å². The van der Waals surface area contributed by atoms with Gasteiger partial charge in [0, 0.05) is 13.2 Å². The van der Waals surface area contributed by atoms with Crippen LogP contribution in [0.5, 0.6) is 0 Å². The summed E-state index contributed by atoms with van der Waals surface area (Å²) in [6.07, 6.45) is -4.31.